The molecule has 11 heavy (non-hydrogen) atoms. The molecule has 0 unspecified atom stereocenters. The summed E-state index contributed by atoms with van der Waals surface area (Å²) in [6.45, 7) is 0.541. The monoisotopic (exact) mass is 169 g/mol. The lowest BCUT2D eigenvalue weighted by molar-refractivity contribution is 0.333. The summed E-state index contributed by atoms with van der Waals surface area (Å²) in [4.78, 5) is 0. The van der Waals surface area contributed by atoms with Crippen LogP contribution in [0.3, 0.4) is 0 Å². The summed E-state index contributed by atoms with van der Waals surface area (Å²) in [7, 11) is 0. The van der Waals surface area contributed by atoms with Gasteiger partial charge in [0, 0.05) is 10.6 Å². The van der Waals surface area contributed by atoms with Gasteiger partial charge in [-0.25, -0.2) is 0 Å². The molecule has 0 bridgehead atoms. The third kappa shape index (κ3) is 0.988. The third-order valence-corrected chi connectivity index (χ3v) is 2.13. The summed E-state index contributed by atoms with van der Waals surface area (Å²) in [5.74, 6) is 0.824. The van der Waals surface area contributed by atoms with Crippen LogP contribution in [-0.4, -0.2) is 6.61 Å². The van der Waals surface area contributed by atoms with Gasteiger partial charge in [0.15, 0.2) is 0 Å². The van der Waals surface area contributed by atoms with Crippen LogP contribution in [0.2, 0.25) is 5.02 Å². The van der Waals surface area contributed by atoms with Gasteiger partial charge in [0.1, 0.15) is 12.4 Å². The van der Waals surface area contributed by atoms with Crippen molar-refractivity contribution >= 4 is 11.6 Å². The van der Waals surface area contributed by atoms with E-state index in [1.807, 2.05) is 18.2 Å². The highest BCUT2D eigenvalue weighted by Gasteiger charge is 2.22. The van der Waals surface area contributed by atoms with E-state index in [9.17, 15) is 0 Å². The lowest BCUT2D eigenvalue weighted by atomic mass is 10.1. The standard InChI is InChI=1S/C8H8ClNO/c9-5-2-1-3-7-8(5)6(10)4-11-7/h1-3,6H,4,10H2/t6-/m1/s1. The predicted molar refractivity (Wildman–Crippen MR) is 43.9 cm³/mol. The van der Waals surface area contributed by atoms with Crippen molar-refractivity contribution in [3.63, 3.8) is 0 Å². The van der Waals surface area contributed by atoms with Crippen LogP contribution < -0.4 is 10.5 Å². The van der Waals surface area contributed by atoms with E-state index in [-0.39, 0.29) is 6.04 Å². The number of nitrogens with two attached hydrogens (primary N) is 1. The molecular weight excluding hydrogens is 162 g/mol. The van der Waals surface area contributed by atoms with Gasteiger partial charge in [0.05, 0.1) is 6.04 Å². The minimum absolute atomic E-state index is 0.0568. The van der Waals surface area contributed by atoms with E-state index in [0.29, 0.717) is 11.6 Å². The molecule has 2 rings (SSSR count). The van der Waals surface area contributed by atoms with Crippen molar-refractivity contribution in [1.29, 1.82) is 0 Å². The first-order valence-corrected chi connectivity index (χ1v) is 3.83. The van der Waals surface area contributed by atoms with Gasteiger partial charge in [0.25, 0.3) is 0 Å². The average molecular weight is 170 g/mol. The first kappa shape index (κ1) is 6.95. The van der Waals surface area contributed by atoms with E-state index < -0.39 is 0 Å². The molecule has 0 radical (unpaired) electrons. The largest absolute Gasteiger partial charge is 0.491 e. The molecule has 58 valence electrons. The van der Waals surface area contributed by atoms with E-state index in [4.69, 9.17) is 22.1 Å². The van der Waals surface area contributed by atoms with Crippen molar-refractivity contribution in [1.82, 2.24) is 0 Å². The van der Waals surface area contributed by atoms with Crippen LogP contribution >= 0.6 is 11.6 Å². The molecule has 0 fully saturated rings. The normalized spacial score (nSPS) is 21.1. The second-order valence-corrected chi connectivity index (χ2v) is 2.98. The maximum atomic E-state index is 5.90. The third-order valence-electron chi connectivity index (χ3n) is 1.80. The fourth-order valence-corrected chi connectivity index (χ4v) is 1.57. The number of fused-ring (bicyclic) bond motifs is 1. The second kappa shape index (κ2) is 2.40. The number of rotatable bonds is 0. The van der Waals surface area contributed by atoms with Crippen LogP contribution in [0, 0.1) is 0 Å². The molecular formula is C8H8ClNO. The zero-order valence-corrected chi connectivity index (χ0v) is 6.64. The van der Waals surface area contributed by atoms with Gasteiger partial charge >= 0.3 is 0 Å². The van der Waals surface area contributed by atoms with Crippen LogP contribution in [0.5, 0.6) is 5.75 Å². The molecule has 0 spiro atoms. The maximum absolute atomic E-state index is 5.90. The zero-order valence-electron chi connectivity index (χ0n) is 5.88. The predicted octanol–water partition coefficient (Wildman–Crippen LogP) is 1.73. The van der Waals surface area contributed by atoms with Crippen molar-refractivity contribution in [3.05, 3.63) is 28.8 Å². The van der Waals surface area contributed by atoms with Gasteiger partial charge < -0.3 is 10.5 Å². The van der Waals surface area contributed by atoms with Crippen LogP contribution in [0.4, 0.5) is 0 Å². The van der Waals surface area contributed by atoms with Gasteiger partial charge in [-0.1, -0.05) is 17.7 Å². The van der Waals surface area contributed by atoms with Gasteiger partial charge in [-0.15, -0.1) is 0 Å². The molecule has 0 amide bonds. The van der Waals surface area contributed by atoms with Crippen LogP contribution in [0.15, 0.2) is 18.2 Å². The minimum Gasteiger partial charge on any atom is -0.491 e. The van der Waals surface area contributed by atoms with Crippen molar-refractivity contribution < 1.29 is 4.74 Å². The molecule has 1 aliphatic heterocycles. The van der Waals surface area contributed by atoms with E-state index in [1.165, 1.54) is 0 Å². The van der Waals surface area contributed by atoms with Gasteiger partial charge in [-0.2, -0.15) is 0 Å². The smallest absolute Gasteiger partial charge is 0.125 e. The van der Waals surface area contributed by atoms with Crippen molar-refractivity contribution in [2.45, 2.75) is 6.04 Å². The molecule has 0 aliphatic carbocycles. The molecule has 1 aromatic rings. The molecule has 1 heterocycles. The van der Waals surface area contributed by atoms with Gasteiger partial charge in [0.2, 0.25) is 0 Å². The molecule has 1 aliphatic rings. The molecule has 0 aromatic heterocycles. The summed E-state index contributed by atoms with van der Waals surface area (Å²) >= 11 is 5.90. The quantitative estimate of drug-likeness (QED) is 0.642. The Kier molecular flexibility index (Phi) is 1.51. The zero-order chi connectivity index (χ0) is 7.84. The van der Waals surface area contributed by atoms with E-state index in [2.05, 4.69) is 0 Å². The van der Waals surface area contributed by atoms with Crippen molar-refractivity contribution in [2.24, 2.45) is 5.73 Å². The van der Waals surface area contributed by atoms with E-state index in [0.717, 1.165) is 11.3 Å². The molecule has 0 saturated heterocycles. The maximum Gasteiger partial charge on any atom is 0.125 e. The van der Waals surface area contributed by atoms with Gasteiger partial charge in [-0.05, 0) is 12.1 Å². The Labute approximate surface area is 69.9 Å². The van der Waals surface area contributed by atoms with Gasteiger partial charge in [-0.3, -0.25) is 0 Å². The minimum atomic E-state index is -0.0568. The van der Waals surface area contributed by atoms with Crippen LogP contribution in [-0.2, 0) is 0 Å². The van der Waals surface area contributed by atoms with Crippen molar-refractivity contribution in [3.8, 4) is 5.75 Å². The molecule has 1 atom stereocenters. The molecule has 2 nitrogen and oxygen atoms in total. The number of hydrogen-bond acceptors (Lipinski definition) is 2. The molecule has 1 aromatic carbocycles. The average Bonchev–Trinajstić information content (AvgIpc) is 2.34. The SMILES string of the molecule is N[C@@H]1COc2cccc(Cl)c21. The van der Waals surface area contributed by atoms with Crippen LogP contribution in [0.25, 0.3) is 0 Å². The summed E-state index contributed by atoms with van der Waals surface area (Å²) in [6.07, 6.45) is 0. The fraction of sp³-hybridized carbons (Fsp3) is 0.250. The Balaban J connectivity index is 2.58. The lowest BCUT2D eigenvalue weighted by Crippen LogP contribution is -2.11. The highest BCUT2D eigenvalue weighted by Crippen LogP contribution is 2.35. The summed E-state index contributed by atoms with van der Waals surface area (Å²) in [5, 5.41) is 0.701. The summed E-state index contributed by atoms with van der Waals surface area (Å²) < 4.78 is 5.28. The number of benzene rings is 1. The first-order valence-electron chi connectivity index (χ1n) is 3.46. The topological polar surface area (TPSA) is 35.2 Å². The Morgan fingerprint density at radius 3 is 3.09 bits per heavy atom. The first-order chi connectivity index (χ1) is 5.29. The highest BCUT2D eigenvalue weighted by atomic mass is 35.5. The number of ether oxygens (including phenoxy) is 1. The van der Waals surface area contributed by atoms with E-state index >= 15 is 0 Å². The molecule has 0 saturated carbocycles. The summed E-state index contributed by atoms with van der Waals surface area (Å²) in [6, 6.07) is 5.51. The Morgan fingerprint density at radius 2 is 2.36 bits per heavy atom. The number of hydrogen-bond donors (Lipinski definition) is 1. The summed E-state index contributed by atoms with van der Waals surface area (Å²) in [5.41, 5.74) is 6.68. The Morgan fingerprint density at radius 1 is 1.55 bits per heavy atom. The highest BCUT2D eigenvalue weighted by molar-refractivity contribution is 6.31. The number of halogens is 1. The fourth-order valence-electron chi connectivity index (χ4n) is 1.27. The van der Waals surface area contributed by atoms with E-state index in [1.54, 1.807) is 0 Å². The molecule has 2 N–H and O–H groups in total. The van der Waals surface area contributed by atoms with Crippen LogP contribution in [0.1, 0.15) is 11.6 Å². The second-order valence-electron chi connectivity index (χ2n) is 2.57. The Hall–Kier alpha value is -0.730. The van der Waals surface area contributed by atoms with Crippen molar-refractivity contribution in [2.75, 3.05) is 6.61 Å². The lowest BCUT2D eigenvalue weighted by Gasteiger charge is -2.01. The Bertz CT molecular complexity index is 287. The molecule has 3 heteroatoms.